The summed E-state index contributed by atoms with van der Waals surface area (Å²) in [6.45, 7) is 4.85. The number of nitro benzene ring substituents is 1. The fourth-order valence-electron chi connectivity index (χ4n) is 3.24. The molecule has 0 spiro atoms. The molecule has 9 heteroatoms. The highest BCUT2D eigenvalue weighted by molar-refractivity contribution is 5.92. The van der Waals surface area contributed by atoms with Gasteiger partial charge in [0.2, 0.25) is 5.91 Å². The van der Waals surface area contributed by atoms with Crippen LogP contribution in [0, 0.1) is 16.0 Å². The van der Waals surface area contributed by atoms with Crippen LogP contribution in [0.1, 0.15) is 37.2 Å². The second-order valence-electron chi connectivity index (χ2n) is 7.15. The largest absolute Gasteiger partial charge is 0.354 e. The maximum absolute atomic E-state index is 12.7. The van der Waals surface area contributed by atoms with E-state index in [4.69, 9.17) is 0 Å². The number of hydrogen-bond donors (Lipinski definition) is 1. The summed E-state index contributed by atoms with van der Waals surface area (Å²) < 4.78 is 1.45. The number of nitrogens with zero attached hydrogens (tertiary/aromatic N) is 4. The van der Waals surface area contributed by atoms with Gasteiger partial charge in [-0.05, 0) is 38.8 Å². The Balaban J connectivity index is 1.64. The number of aromatic nitrogens is 2. The number of amides is 2. The Morgan fingerprint density at radius 3 is 2.61 bits per heavy atom. The Kier molecular flexibility index (Phi) is 5.72. The van der Waals surface area contributed by atoms with Crippen LogP contribution in [0.25, 0.3) is 5.69 Å². The third-order valence-corrected chi connectivity index (χ3v) is 4.70. The maximum atomic E-state index is 12.7. The average molecular weight is 385 g/mol. The lowest BCUT2D eigenvalue weighted by Gasteiger charge is -2.31. The van der Waals surface area contributed by atoms with Crippen LogP contribution in [-0.4, -0.2) is 50.5 Å². The lowest BCUT2D eigenvalue weighted by molar-refractivity contribution is -0.384. The van der Waals surface area contributed by atoms with Gasteiger partial charge < -0.3 is 10.2 Å². The molecule has 2 amide bonds. The zero-order chi connectivity index (χ0) is 20.3. The standard InChI is InChI=1S/C19H23N5O4/c1-13(2)20-18(25)14-6-9-22(10-7-14)19(26)17-8-11-23(21-17)15-4-3-5-16(12-15)24(27)28/h3-5,8,11-14H,6-7,9-10H2,1-2H3,(H,20,25). The normalized spacial score (nSPS) is 14.9. The topological polar surface area (TPSA) is 110 Å². The fourth-order valence-corrected chi connectivity index (χ4v) is 3.24. The zero-order valence-corrected chi connectivity index (χ0v) is 15.9. The molecule has 1 aromatic carbocycles. The van der Waals surface area contributed by atoms with Crippen molar-refractivity contribution in [3.05, 3.63) is 52.3 Å². The van der Waals surface area contributed by atoms with Crippen LogP contribution < -0.4 is 5.32 Å². The van der Waals surface area contributed by atoms with Gasteiger partial charge >= 0.3 is 0 Å². The molecule has 0 radical (unpaired) electrons. The van der Waals surface area contributed by atoms with Gasteiger partial charge in [-0.15, -0.1) is 0 Å². The van der Waals surface area contributed by atoms with Gasteiger partial charge in [-0.1, -0.05) is 6.07 Å². The van der Waals surface area contributed by atoms with Gasteiger partial charge in [-0.25, -0.2) is 4.68 Å². The first kappa shape index (κ1) is 19.5. The first-order chi connectivity index (χ1) is 13.3. The molecular weight excluding hydrogens is 362 g/mol. The quantitative estimate of drug-likeness (QED) is 0.626. The summed E-state index contributed by atoms with van der Waals surface area (Å²) in [5.74, 6) is -0.238. The van der Waals surface area contributed by atoms with Gasteiger partial charge in [0.25, 0.3) is 11.6 Å². The molecular formula is C19H23N5O4. The van der Waals surface area contributed by atoms with E-state index in [9.17, 15) is 19.7 Å². The molecule has 2 heterocycles. The van der Waals surface area contributed by atoms with Gasteiger partial charge in [0, 0.05) is 43.4 Å². The SMILES string of the molecule is CC(C)NC(=O)C1CCN(C(=O)c2ccn(-c3cccc([N+](=O)[O-])c3)n2)CC1. The summed E-state index contributed by atoms with van der Waals surface area (Å²) in [5.41, 5.74) is 0.747. The second-order valence-corrected chi connectivity index (χ2v) is 7.15. The van der Waals surface area contributed by atoms with Crippen molar-refractivity contribution in [3.63, 3.8) is 0 Å². The molecule has 28 heavy (non-hydrogen) atoms. The number of non-ortho nitro benzene ring substituents is 1. The lowest BCUT2D eigenvalue weighted by atomic mass is 9.95. The Hall–Kier alpha value is -3.23. The highest BCUT2D eigenvalue weighted by atomic mass is 16.6. The minimum absolute atomic E-state index is 0.0389. The molecule has 148 valence electrons. The molecule has 1 aliphatic rings. The smallest absolute Gasteiger partial charge is 0.274 e. The van der Waals surface area contributed by atoms with Crippen LogP contribution in [-0.2, 0) is 4.79 Å². The molecule has 1 aliphatic heterocycles. The third kappa shape index (κ3) is 4.36. The number of piperidine rings is 1. The van der Waals surface area contributed by atoms with Crippen LogP contribution >= 0.6 is 0 Å². The van der Waals surface area contributed by atoms with Gasteiger partial charge in [0.05, 0.1) is 10.6 Å². The molecule has 1 fully saturated rings. The van der Waals surface area contributed by atoms with Crippen molar-refractivity contribution in [1.82, 2.24) is 20.0 Å². The van der Waals surface area contributed by atoms with Gasteiger partial charge in [0.15, 0.2) is 5.69 Å². The molecule has 1 saturated heterocycles. The fraction of sp³-hybridized carbons (Fsp3) is 0.421. The van der Waals surface area contributed by atoms with Gasteiger partial charge in [-0.3, -0.25) is 19.7 Å². The van der Waals surface area contributed by atoms with Crippen molar-refractivity contribution in [2.24, 2.45) is 5.92 Å². The zero-order valence-electron chi connectivity index (χ0n) is 15.9. The Bertz CT molecular complexity index is 884. The van der Waals surface area contributed by atoms with Crippen molar-refractivity contribution >= 4 is 17.5 Å². The summed E-state index contributed by atoms with van der Waals surface area (Å²) in [4.78, 5) is 37.0. The van der Waals surface area contributed by atoms with Gasteiger partial charge in [0.1, 0.15) is 0 Å². The number of nitro groups is 1. The minimum atomic E-state index is -0.474. The molecule has 9 nitrogen and oxygen atoms in total. The minimum Gasteiger partial charge on any atom is -0.354 e. The first-order valence-electron chi connectivity index (χ1n) is 9.25. The molecule has 0 bridgehead atoms. The van der Waals surface area contributed by atoms with E-state index in [1.807, 2.05) is 13.8 Å². The molecule has 0 aliphatic carbocycles. The molecule has 2 aromatic rings. The van der Waals surface area contributed by atoms with Crippen molar-refractivity contribution in [2.45, 2.75) is 32.7 Å². The van der Waals surface area contributed by atoms with Crippen molar-refractivity contribution < 1.29 is 14.5 Å². The van der Waals surface area contributed by atoms with Crippen LogP contribution in [0.15, 0.2) is 36.5 Å². The van der Waals surface area contributed by atoms with Crippen LogP contribution in [0.3, 0.4) is 0 Å². The van der Waals surface area contributed by atoms with E-state index in [0.717, 1.165) is 0 Å². The molecule has 0 unspecified atom stereocenters. The van der Waals surface area contributed by atoms with E-state index in [2.05, 4.69) is 10.4 Å². The van der Waals surface area contributed by atoms with Crippen LogP contribution in [0.4, 0.5) is 5.69 Å². The lowest BCUT2D eigenvalue weighted by Crippen LogP contribution is -2.44. The highest BCUT2D eigenvalue weighted by Gasteiger charge is 2.28. The van der Waals surface area contributed by atoms with E-state index in [1.54, 1.807) is 29.3 Å². The summed E-state index contributed by atoms with van der Waals surface area (Å²) in [6, 6.07) is 7.76. The Morgan fingerprint density at radius 2 is 1.96 bits per heavy atom. The summed E-state index contributed by atoms with van der Waals surface area (Å²) in [7, 11) is 0. The molecule has 0 atom stereocenters. The summed E-state index contributed by atoms with van der Waals surface area (Å²) in [6.07, 6.45) is 2.85. The maximum Gasteiger partial charge on any atom is 0.274 e. The number of rotatable bonds is 5. The molecule has 3 rings (SSSR count). The van der Waals surface area contributed by atoms with E-state index in [0.29, 0.717) is 31.6 Å². The van der Waals surface area contributed by atoms with Crippen molar-refractivity contribution in [2.75, 3.05) is 13.1 Å². The molecule has 0 saturated carbocycles. The number of carbonyl (C=O) groups is 2. The Morgan fingerprint density at radius 1 is 1.25 bits per heavy atom. The van der Waals surface area contributed by atoms with E-state index < -0.39 is 4.92 Å². The number of likely N-dealkylation sites (tertiary alicyclic amines) is 1. The summed E-state index contributed by atoms with van der Waals surface area (Å²) >= 11 is 0. The number of hydrogen-bond acceptors (Lipinski definition) is 5. The highest BCUT2D eigenvalue weighted by Crippen LogP contribution is 2.20. The monoisotopic (exact) mass is 385 g/mol. The van der Waals surface area contributed by atoms with Crippen molar-refractivity contribution in [3.8, 4) is 5.69 Å². The number of nitrogens with one attached hydrogen (secondary N) is 1. The predicted molar refractivity (Wildman–Crippen MR) is 102 cm³/mol. The third-order valence-electron chi connectivity index (χ3n) is 4.70. The van der Waals surface area contributed by atoms with Crippen molar-refractivity contribution in [1.29, 1.82) is 0 Å². The van der Waals surface area contributed by atoms with Crippen LogP contribution in [0.2, 0.25) is 0 Å². The molecule has 1 aromatic heterocycles. The van der Waals surface area contributed by atoms with E-state index in [1.165, 1.54) is 16.8 Å². The second kappa shape index (κ2) is 8.20. The molecule has 1 N–H and O–H groups in total. The summed E-state index contributed by atoms with van der Waals surface area (Å²) in [5, 5.41) is 18.1. The van der Waals surface area contributed by atoms with Crippen LogP contribution in [0.5, 0.6) is 0 Å². The number of benzene rings is 1. The van der Waals surface area contributed by atoms with Gasteiger partial charge in [-0.2, -0.15) is 5.10 Å². The first-order valence-corrected chi connectivity index (χ1v) is 9.25. The number of carbonyl (C=O) groups excluding carboxylic acids is 2. The Labute approximate surface area is 162 Å². The van der Waals surface area contributed by atoms with E-state index >= 15 is 0 Å². The average Bonchev–Trinajstić information content (AvgIpc) is 3.17. The predicted octanol–water partition coefficient (Wildman–Crippen LogP) is 2.16. The van der Waals surface area contributed by atoms with E-state index in [-0.39, 0.29) is 35.2 Å².